The predicted molar refractivity (Wildman–Crippen MR) is 81.9 cm³/mol. The van der Waals surface area contributed by atoms with Gasteiger partial charge >= 0.3 is 6.04 Å². The second-order valence-electron chi connectivity index (χ2n) is 4.25. The van der Waals surface area contributed by atoms with Crippen LogP contribution in [0.3, 0.4) is 0 Å². The fraction of sp³-hybridized carbons (Fsp3) is 0.0909. The molecular weight excluding hydrogens is 290 g/mol. The Balaban J connectivity index is 2.68. The largest absolute Gasteiger partial charge is 0.369 e. The Bertz CT molecular complexity index is 672. The van der Waals surface area contributed by atoms with Gasteiger partial charge in [-0.15, -0.1) is 20.4 Å². The van der Waals surface area contributed by atoms with Gasteiger partial charge in [-0.25, -0.2) is 0 Å². The average molecular weight is 303 g/mol. The number of hydrogen-bond donors (Lipinski definition) is 4. The smallest absolute Gasteiger partial charge is 0.301 e. The van der Waals surface area contributed by atoms with E-state index in [4.69, 9.17) is 22.9 Å². The van der Waals surface area contributed by atoms with E-state index < -0.39 is 11.0 Å². The van der Waals surface area contributed by atoms with Gasteiger partial charge in [-0.05, 0) is 0 Å². The molecule has 0 saturated heterocycles. The molecule has 8 N–H and O–H groups in total. The monoisotopic (exact) mass is 303 g/mol. The van der Waals surface area contributed by atoms with E-state index in [1.807, 2.05) is 0 Å². The fourth-order valence-corrected chi connectivity index (χ4v) is 1.99. The first-order valence-corrected chi connectivity index (χ1v) is 5.98. The van der Waals surface area contributed by atoms with Gasteiger partial charge in [-0.2, -0.15) is 0 Å². The zero-order chi connectivity index (χ0) is 16.3. The Morgan fingerprint density at radius 2 is 1.36 bits per heavy atom. The van der Waals surface area contributed by atoms with Crippen molar-refractivity contribution >= 4 is 23.3 Å². The first kappa shape index (κ1) is 14.9. The lowest BCUT2D eigenvalue weighted by molar-refractivity contribution is -0.483. The first-order valence-electron chi connectivity index (χ1n) is 5.98. The van der Waals surface area contributed by atoms with Crippen molar-refractivity contribution in [3.8, 4) is 0 Å². The van der Waals surface area contributed by atoms with Gasteiger partial charge in [0.25, 0.3) is 0 Å². The summed E-state index contributed by atoms with van der Waals surface area (Å²) >= 11 is 0. The maximum Gasteiger partial charge on any atom is 0.301 e. The SMILES string of the molecule is NC(N)=N/N=C1/c2ccccc2/C(=N/N=C(N)N)C1[N+](=O)[O-]. The van der Waals surface area contributed by atoms with Crippen molar-refractivity contribution in [2.24, 2.45) is 43.3 Å². The molecule has 11 nitrogen and oxygen atoms in total. The minimum absolute atomic E-state index is 0.0542. The lowest BCUT2D eigenvalue weighted by Gasteiger charge is -2.02. The third kappa shape index (κ3) is 2.82. The molecule has 0 amide bonds. The molecule has 0 aliphatic heterocycles. The summed E-state index contributed by atoms with van der Waals surface area (Å²) in [5, 5.41) is 25.9. The van der Waals surface area contributed by atoms with Crippen LogP contribution in [0.4, 0.5) is 0 Å². The van der Waals surface area contributed by atoms with Crippen molar-refractivity contribution in [3.05, 3.63) is 45.5 Å². The van der Waals surface area contributed by atoms with E-state index in [9.17, 15) is 10.1 Å². The van der Waals surface area contributed by atoms with E-state index in [1.54, 1.807) is 24.3 Å². The summed E-state index contributed by atoms with van der Waals surface area (Å²) in [6, 6.07) is 5.31. The molecule has 0 heterocycles. The molecule has 0 atom stereocenters. The number of rotatable bonds is 3. The lowest BCUT2D eigenvalue weighted by atomic mass is 10.1. The van der Waals surface area contributed by atoms with Gasteiger partial charge in [-0.1, -0.05) is 24.3 Å². The van der Waals surface area contributed by atoms with Crippen molar-refractivity contribution in [1.82, 2.24) is 0 Å². The maximum absolute atomic E-state index is 11.4. The standard InChI is InChI=1S/C11H13N9O2/c12-10(13)18-16-7-5-3-1-2-4-6(5)8(9(7)20(21)22)17-19-11(14)15/h1-4,9H,(H4,12,13,18)(H4,14,15,19)/b16-7-,17-8-. The van der Waals surface area contributed by atoms with E-state index >= 15 is 0 Å². The van der Waals surface area contributed by atoms with Crippen LogP contribution < -0.4 is 22.9 Å². The van der Waals surface area contributed by atoms with Crippen LogP contribution >= 0.6 is 0 Å². The molecule has 0 spiro atoms. The number of nitrogens with zero attached hydrogens (tertiary/aromatic N) is 5. The molecule has 0 radical (unpaired) electrons. The number of nitro groups is 1. The van der Waals surface area contributed by atoms with Crippen LogP contribution in [-0.4, -0.2) is 34.3 Å². The molecule has 0 bridgehead atoms. The van der Waals surface area contributed by atoms with Crippen molar-refractivity contribution in [1.29, 1.82) is 0 Å². The van der Waals surface area contributed by atoms with Crippen LogP contribution in [0.25, 0.3) is 0 Å². The molecular formula is C11H13N9O2. The molecule has 2 rings (SSSR count). The van der Waals surface area contributed by atoms with E-state index in [2.05, 4.69) is 20.4 Å². The Morgan fingerprint density at radius 1 is 0.955 bits per heavy atom. The van der Waals surface area contributed by atoms with Crippen LogP contribution in [0.2, 0.25) is 0 Å². The highest BCUT2D eigenvalue weighted by molar-refractivity contribution is 6.32. The van der Waals surface area contributed by atoms with Crippen LogP contribution in [0, 0.1) is 10.1 Å². The van der Waals surface area contributed by atoms with E-state index in [-0.39, 0.29) is 23.3 Å². The summed E-state index contributed by atoms with van der Waals surface area (Å²) in [6.45, 7) is 0. The second-order valence-corrected chi connectivity index (χ2v) is 4.25. The molecule has 0 aromatic heterocycles. The molecule has 1 aromatic carbocycles. The fourth-order valence-electron chi connectivity index (χ4n) is 1.99. The number of fused-ring (bicyclic) bond motifs is 1. The predicted octanol–water partition coefficient (Wildman–Crippen LogP) is -1.70. The van der Waals surface area contributed by atoms with Crippen LogP contribution in [-0.2, 0) is 0 Å². The van der Waals surface area contributed by atoms with Crippen molar-refractivity contribution in [2.75, 3.05) is 0 Å². The van der Waals surface area contributed by atoms with E-state index in [1.165, 1.54) is 0 Å². The van der Waals surface area contributed by atoms with Gasteiger partial charge in [0.05, 0.1) is 0 Å². The van der Waals surface area contributed by atoms with Gasteiger partial charge in [0.15, 0.2) is 11.4 Å². The first-order chi connectivity index (χ1) is 10.4. The molecule has 0 unspecified atom stereocenters. The third-order valence-electron chi connectivity index (χ3n) is 2.75. The highest BCUT2D eigenvalue weighted by Gasteiger charge is 2.44. The molecule has 1 aliphatic carbocycles. The summed E-state index contributed by atoms with van der Waals surface area (Å²) in [6.07, 6.45) is 0. The van der Waals surface area contributed by atoms with E-state index in [0.717, 1.165) is 0 Å². The molecule has 0 fully saturated rings. The zero-order valence-corrected chi connectivity index (χ0v) is 11.2. The number of nitrogens with two attached hydrogens (primary N) is 4. The average Bonchev–Trinajstić information content (AvgIpc) is 2.77. The Morgan fingerprint density at radius 3 is 1.68 bits per heavy atom. The molecule has 1 aliphatic rings. The topological polar surface area (TPSA) is 197 Å². The summed E-state index contributed by atoms with van der Waals surface area (Å²) < 4.78 is 0. The van der Waals surface area contributed by atoms with Crippen LogP contribution in [0.5, 0.6) is 0 Å². The Hall–Kier alpha value is -3.50. The molecule has 22 heavy (non-hydrogen) atoms. The van der Waals surface area contributed by atoms with Crippen LogP contribution in [0.1, 0.15) is 11.1 Å². The highest BCUT2D eigenvalue weighted by atomic mass is 16.6. The summed E-state index contributed by atoms with van der Waals surface area (Å²) in [5.41, 5.74) is 21.9. The minimum Gasteiger partial charge on any atom is -0.369 e. The van der Waals surface area contributed by atoms with Crippen molar-refractivity contribution in [2.45, 2.75) is 6.04 Å². The molecule has 0 saturated carbocycles. The van der Waals surface area contributed by atoms with Crippen molar-refractivity contribution in [3.63, 3.8) is 0 Å². The highest BCUT2D eigenvalue weighted by Crippen LogP contribution is 2.26. The lowest BCUT2D eigenvalue weighted by Crippen LogP contribution is -2.33. The summed E-state index contributed by atoms with van der Waals surface area (Å²) in [4.78, 5) is 10.8. The number of hydrogen-bond acceptors (Lipinski definition) is 6. The zero-order valence-electron chi connectivity index (χ0n) is 11.2. The van der Waals surface area contributed by atoms with Gasteiger partial charge in [0, 0.05) is 16.1 Å². The molecule has 11 heteroatoms. The van der Waals surface area contributed by atoms with Crippen LogP contribution in [0.15, 0.2) is 44.7 Å². The van der Waals surface area contributed by atoms with Crippen molar-refractivity contribution < 1.29 is 4.92 Å². The number of benzene rings is 1. The number of guanidine groups is 2. The van der Waals surface area contributed by atoms with Gasteiger partial charge < -0.3 is 22.9 Å². The molecule has 1 aromatic rings. The van der Waals surface area contributed by atoms with E-state index in [0.29, 0.717) is 11.1 Å². The quantitative estimate of drug-likeness (QED) is 0.222. The Kier molecular flexibility index (Phi) is 3.97. The van der Waals surface area contributed by atoms with Gasteiger partial charge in [0.1, 0.15) is 0 Å². The third-order valence-corrected chi connectivity index (χ3v) is 2.75. The normalized spacial score (nSPS) is 17.3. The minimum atomic E-state index is -1.37. The Labute approximate surface area is 124 Å². The summed E-state index contributed by atoms with van der Waals surface area (Å²) in [7, 11) is 0. The van der Waals surface area contributed by atoms with Gasteiger partial charge in [-0.3, -0.25) is 10.1 Å². The van der Waals surface area contributed by atoms with Gasteiger partial charge in [0.2, 0.25) is 11.9 Å². The maximum atomic E-state index is 11.4. The molecule has 114 valence electrons. The summed E-state index contributed by atoms with van der Waals surface area (Å²) in [5.74, 6) is -0.636. The second kappa shape index (κ2) is 5.87.